The van der Waals surface area contributed by atoms with Crippen LogP contribution in [0.1, 0.15) is 12.0 Å². The second-order valence-electron chi connectivity index (χ2n) is 2.42. The summed E-state index contributed by atoms with van der Waals surface area (Å²) in [4.78, 5) is 10.8. The molecule has 0 aromatic heterocycles. The van der Waals surface area contributed by atoms with Gasteiger partial charge in [0.1, 0.15) is 5.75 Å². The van der Waals surface area contributed by atoms with Crippen molar-refractivity contribution in [3.05, 3.63) is 36.2 Å². The summed E-state index contributed by atoms with van der Waals surface area (Å²) in [5.41, 5.74) is 1.01. The van der Waals surface area contributed by atoms with Crippen LogP contribution in [-0.4, -0.2) is 5.97 Å². The van der Waals surface area contributed by atoms with Gasteiger partial charge in [-0.1, -0.05) is 18.2 Å². The van der Waals surface area contributed by atoms with Crippen LogP contribution in [0.15, 0.2) is 24.3 Å². The Morgan fingerprint density at radius 1 is 1.27 bits per heavy atom. The molecule has 1 aliphatic heterocycles. The van der Waals surface area contributed by atoms with Gasteiger partial charge in [-0.3, -0.25) is 4.79 Å². The molecule has 1 aliphatic rings. The van der Waals surface area contributed by atoms with Crippen LogP contribution in [0.2, 0.25) is 0 Å². The minimum absolute atomic E-state index is 0.177. The van der Waals surface area contributed by atoms with E-state index >= 15 is 0 Å². The van der Waals surface area contributed by atoms with Gasteiger partial charge in [0.15, 0.2) is 0 Å². The maximum absolute atomic E-state index is 10.8. The molecule has 0 atom stereocenters. The average Bonchev–Trinajstić information content (AvgIpc) is 2.04. The highest BCUT2D eigenvalue weighted by Gasteiger charge is 2.15. The van der Waals surface area contributed by atoms with E-state index in [2.05, 4.69) is 0 Å². The summed E-state index contributed by atoms with van der Waals surface area (Å²) >= 11 is 0. The number of para-hydroxylation sites is 1. The van der Waals surface area contributed by atoms with E-state index in [9.17, 15) is 4.79 Å². The molecular weight excluding hydrogens is 140 g/mol. The van der Waals surface area contributed by atoms with Crippen molar-refractivity contribution >= 4 is 5.97 Å². The predicted octanol–water partition coefficient (Wildman–Crippen LogP) is 1.55. The first-order valence-corrected chi connectivity index (χ1v) is 3.49. The van der Waals surface area contributed by atoms with E-state index in [0.29, 0.717) is 12.2 Å². The van der Waals surface area contributed by atoms with Crippen LogP contribution in [0.3, 0.4) is 0 Å². The molecule has 0 saturated heterocycles. The number of ether oxygens (including phenoxy) is 1. The molecule has 0 unspecified atom stereocenters. The van der Waals surface area contributed by atoms with Gasteiger partial charge in [-0.15, -0.1) is 0 Å². The second-order valence-corrected chi connectivity index (χ2v) is 2.42. The molecule has 1 radical (unpaired) electrons. The molecule has 0 aliphatic carbocycles. The maximum Gasteiger partial charge on any atom is 0.311 e. The molecular formula is C9H7O2. The first kappa shape index (κ1) is 6.40. The molecule has 1 aromatic carbocycles. The Kier molecular flexibility index (Phi) is 1.39. The van der Waals surface area contributed by atoms with Crippen LogP contribution < -0.4 is 4.74 Å². The van der Waals surface area contributed by atoms with E-state index < -0.39 is 0 Å². The molecule has 0 spiro atoms. The highest BCUT2D eigenvalue weighted by Crippen LogP contribution is 2.25. The van der Waals surface area contributed by atoms with Gasteiger partial charge in [0.2, 0.25) is 0 Å². The van der Waals surface area contributed by atoms with Crippen molar-refractivity contribution in [3.63, 3.8) is 0 Å². The van der Waals surface area contributed by atoms with Crippen LogP contribution >= 0.6 is 0 Å². The Labute approximate surface area is 64.8 Å². The average molecular weight is 147 g/mol. The molecule has 11 heavy (non-hydrogen) atoms. The summed E-state index contributed by atoms with van der Waals surface area (Å²) in [5.74, 6) is 0.493. The second kappa shape index (κ2) is 2.38. The number of carbonyl (C=O) groups excluding carboxylic acids is 1. The van der Waals surface area contributed by atoms with Crippen LogP contribution in [0, 0.1) is 6.42 Å². The van der Waals surface area contributed by atoms with Crippen LogP contribution in [0.5, 0.6) is 5.75 Å². The van der Waals surface area contributed by atoms with Crippen molar-refractivity contribution < 1.29 is 9.53 Å². The zero-order valence-electron chi connectivity index (χ0n) is 5.91. The molecule has 2 nitrogen and oxygen atoms in total. The molecule has 0 fully saturated rings. The first-order chi connectivity index (χ1) is 5.36. The number of hydrogen-bond donors (Lipinski definition) is 0. The summed E-state index contributed by atoms with van der Waals surface area (Å²) in [7, 11) is 0. The van der Waals surface area contributed by atoms with Gasteiger partial charge in [-0.05, 0) is 11.6 Å². The number of hydrogen-bond acceptors (Lipinski definition) is 2. The summed E-state index contributed by atoms with van der Waals surface area (Å²) in [6.45, 7) is 0. The maximum atomic E-state index is 10.8. The van der Waals surface area contributed by atoms with Crippen LogP contribution in [-0.2, 0) is 4.79 Å². The third-order valence-electron chi connectivity index (χ3n) is 1.63. The van der Waals surface area contributed by atoms with E-state index in [1.165, 1.54) is 0 Å². The lowest BCUT2D eigenvalue weighted by molar-refractivity contribution is -0.134. The Morgan fingerprint density at radius 2 is 2.09 bits per heavy atom. The lowest BCUT2D eigenvalue weighted by Gasteiger charge is -2.13. The number of esters is 1. The molecule has 1 aromatic rings. The van der Waals surface area contributed by atoms with Crippen LogP contribution in [0.4, 0.5) is 0 Å². The zero-order valence-corrected chi connectivity index (χ0v) is 5.91. The minimum atomic E-state index is -0.177. The molecule has 55 valence electrons. The molecule has 2 rings (SSSR count). The smallest absolute Gasteiger partial charge is 0.311 e. The van der Waals surface area contributed by atoms with Gasteiger partial charge < -0.3 is 4.74 Å². The lowest BCUT2D eigenvalue weighted by Crippen LogP contribution is -2.13. The van der Waals surface area contributed by atoms with Gasteiger partial charge in [0.25, 0.3) is 0 Å². The third kappa shape index (κ3) is 1.11. The van der Waals surface area contributed by atoms with E-state index in [1.54, 1.807) is 6.07 Å². The first-order valence-electron chi connectivity index (χ1n) is 3.49. The largest absolute Gasteiger partial charge is 0.426 e. The fraction of sp³-hybridized carbons (Fsp3) is 0.111. The van der Waals surface area contributed by atoms with Crippen molar-refractivity contribution in [1.82, 2.24) is 0 Å². The van der Waals surface area contributed by atoms with E-state index in [0.717, 1.165) is 5.56 Å². The summed E-state index contributed by atoms with van der Waals surface area (Å²) in [6, 6.07) is 7.50. The van der Waals surface area contributed by atoms with Crippen LogP contribution in [0.25, 0.3) is 0 Å². The highest BCUT2D eigenvalue weighted by molar-refractivity contribution is 5.77. The standard InChI is InChI=1S/C9H7O2/c10-9-6-5-7-3-1-2-4-8(7)11-9/h1-5H,6H2. The van der Waals surface area contributed by atoms with Gasteiger partial charge in [0, 0.05) is 6.42 Å². The Morgan fingerprint density at radius 3 is 3.00 bits per heavy atom. The zero-order chi connectivity index (χ0) is 7.68. The fourth-order valence-corrected chi connectivity index (χ4v) is 1.10. The number of carbonyl (C=O) groups is 1. The van der Waals surface area contributed by atoms with Gasteiger partial charge >= 0.3 is 5.97 Å². The number of rotatable bonds is 0. The van der Waals surface area contributed by atoms with Gasteiger partial charge in [-0.2, -0.15) is 0 Å². The fourth-order valence-electron chi connectivity index (χ4n) is 1.10. The molecule has 2 heteroatoms. The van der Waals surface area contributed by atoms with Crippen molar-refractivity contribution in [2.75, 3.05) is 0 Å². The number of fused-ring (bicyclic) bond motifs is 1. The third-order valence-corrected chi connectivity index (χ3v) is 1.63. The van der Waals surface area contributed by atoms with Crippen molar-refractivity contribution in [3.8, 4) is 5.75 Å². The molecule has 0 N–H and O–H groups in total. The summed E-state index contributed by atoms with van der Waals surface area (Å²) < 4.78 is 4.96. The Balaban J connectivity index is 2.41. The summed E-state index contributed by atoms with van der Waals surface area (Å²) in [6.07, 6.45) is 2.26. The normalized spacial score (nSPS) is 15.5. The van der Waals surface area contributed by atoms with E-state index in [-0.39, 0.29) is 5.97 Å². The van der Waals surface area contributed by atoms with E-state index in [1.807, 2.05) is 24.6 Å². The van der Waals surface area contributed by atoms with Crippen molar-refractivity contribution in [2.24, 2.45) is 0 Å². The molecule has 0 amide bonds. The minimum Gasteiger partial charge on any atom is -0.426 e. The Bertz CT molecular complexity index is 291. The Hall–Kier alpha value is -1.31. The van der Waals surface area contributed by atoms with Gasteiger partial charge in [0.05, 0.1) is 6.42 Å². The molecule has 1 heterocycles. The van der Waals surface area contributed by atoms with Gasteiger partial charge in [-0.25, -0.2) is 0 Å². The van der Waals surface area contributed by atoms with Crippen molar-refractivity contribution in [1.29, 1.82) is 0 Å². The molecule has 0 saturated carbocycles. The SMILES string of the molecule is O=C1C[CH]c2ccccc2O1. The summed E-state index contributed by atoms with van der Waals surface area (Å²) in [5, 5.41) is 0. The predicted molar refractivity (Wildman–Crippen MR) is 40.1 cm³/mol. The van der Waals surface area contributed by atoms with E-state index in [4.69, 9.17) is 4.74 Å². The lowest BCUT2D eigenvalue weighted by atomic mass is 10.1. The number of benzene rings is 1. The quantitative estimate of drug-likeness (QED) is 0.411. The highest BCUT2D eigenvalue weighted by atomic mass is 16.5. The topological polar surface area (TPSA) is 26.3 Å². The van der Waals surface area contributed by atoms with Crippen molar-refractivity contribution in [2.45, 2.75) is 6.42 Å². The monoisotopic (exact) mass is 147 g/mol. The molecule has 0 bridgehead atoms.